The van der Waals surface area contributed by atoms with E-state index in [1.54, 1.807) is 56.0 Å². The summed E-state index contributed by atoms with van der Waals surface area (Å²) in [4.78, 5) is 13.6. The number of nitrogen functional groups attached to an aromatic ring is 1. The Balaban J connectivity index is 1.84. The highest BCUT2D eigenvalue weighted by Gasteiger charge is 2.42. The van der Waals surface area contributed by atoms with Gasteiger partial charge in [0, 0.05) is 19.1 Å². The predicted molar refractivity (Wildman–Crippen MR) is 122 cm³/mol. The molecule has 180 valence electrons. The second-order valence-corrected chi connectivity index (χ2v) is 9.00. The van der Waals surface area contributed by atoms with Crippen molar-refractivity contribution in [2.45, 2.75) is 57.9 Å². The maximum atomic E-state index is 14.3. The highest BCUT2D eigenvalue weighted by molar-refractivity contribution is 5.76. The Bertz CT molecular complexity index is 959. The molecule has 1 amide bonds. The molecule has 3 rings (SSSR count). The van der Waals surface area contributed by atoms with E-state index in [2.05, 4.69) is 5.32 Å². The van der Waals surface area contributed by atoms with E-state index in [1.807, 2.05) is 0 Å². The molecule has 0 saturated carbocycles. The van der Waals surface area contributed by atoms with E-state index in [4.69, 9.17) is 15.2 Å². The van der Waals surface area contributed by atoms with Crippen LogP contribution in [0.3, 0.4) is 0 Å². The highest BCUT2D eigenvalue weighted by atomic mass is 19.4. The molecule has 3 N–H and O–H groups in total. The van der Waals surface area contributed by atoms with Crippen LogP contribution in [0.5, 0.6) is 11.5 Å². The molecule has 1 saturated heterocycles. The summed E-state index contributed by atoms with van der Waals surface area (Å²) in [6.07, 6.45) is -3.36. The number of anilines is 2. The molecule has 0 aliphatic carbocycles. The Labute approximate surface area is 191 Å². The Morgan fingerprint density at radius 3 is 2.48 bits per heavy atom. The summed E-state index contributed by atoms with van der Waals surface area (Å²) >= 11 is 0. The topological polar surface area (TPSA) is 76.8 Å². The zero-order valence-electron chi connectivity index (χ0n) is 19.0. The molecule has 9 heteroatoms. The number of nitrogens with two attached hydrogens (primary N) is 1. The van der Waals surface area contributed by atoms with Crippen molar-refractivity contribution < 1.29 is 27.4 Å². The molecule has 0 spiro atoms. The lowest BCUT2D eigenvalue weighted by atomic mass is 10.1. The van der Waals surface area contributed by atoms with Crippen molar-refractivity contribution in [3.8, 4) is 11.5 Å². The van der Waals surface area contributed by atoms with E-state index >= 15 is 0 Å². The summed E-state index contributed by atoms with van der Waals surface area (Å²) in [5.74, 6) is 0.00804. The molecule has 1 atom stereocenters. The van der Waals surface area contributed by atoms with Crippen molar-refractivity contribution in [1.82, 2.24) is 5.32 Å². The SMILES string of the molecule is CC(C)(C)OC(=O)NCC[C@H]1CCCN1c1c(N)ccc(Oc2ccccc2)c1C(F)(F)F. The first-order valence-electron chi connectivity index (χ1n) is 10.9. The van der Waals surface area contributed by atoms with Gasteiger partial charge in [-0.15, -0.1) is 0 Å². The Hall–Kier alpha value is -3.10. The molecule has 0 bridgehead atoms. The lowest BCUT2D eigenvalue weighted by molar-refractivity contribution is -0.138. The van der Waals surface area contributed by atoms with Crippen molar-refractivity contribution in [1.29, 1.82) is 0 Å². The summed E-state index contributed by atoms with van der Waals surface area (Å²) in [7, 11) is 0. The fraction of sp³-hybridized carbons (Fsp3) is 0.458. The number of halogens is 3. The molecule has 1 fully saturated rings. The Morgan fingerprint density at radius 1 is 1.15 bits per heavy atom. The zero-order valence-corrected chi connectivity index (χ0v) is 19.0. The van der Waals surface area contributed by atoms with Crippen LogP contribution in [-0.2, 0) is 10.9 Å². The number of rotatable bonds is 6. The molecule has 0 radical (unpaired) electrons. The van der Waals surface area contributed by atoms with Crippen LogP contribution in [0.4, 0.5) is 29.3 Å². The normalized spacial score (nSPS) is 16.5. The number of amides is 1. The number of carbonyl (C=O) groups is 1. The van der Waals surface area contributed by atoms with E-state index in [1.165, 1.54) is 12.1 Å². The standard InChI is InChI=1S/C24H30F3N3O3/c1-23(2,3)33-22(31)29-14-13-16-8-7-15-30(16)21-18(28)11-12-19(20(21)24(25,26)27)32-17-9-5-4-6-10-17/h4-6,9-12,16H,7-8,13-15,28H2,1-3H3,(H,29,31)/t16-/m1/s1. The maximum Gasteiger partial charge on any atom is 0.422 e. The largest absolute Gasteiger partial charge is 0.457 e. The minimum Gasteiger partial charge on any atom is -0.457 e. The molecule has 1 aliphatic heterocycles. The highest BCUT2D eigenvalue weighted by Crippen LogP contribution is 2.48. The molecule has 1 aliphatic rings. The number of nitrogens with one attached hydrogen (secondary N) is 1. The Morgan fingerprint density at radius 2 is 1.85 bits per heavy atom. The summed E-state index contributed by atoms with van der Waals surface area (Å²) in [5.41, 5.74) is 4.53. The van der Waals surface area contributed by atoms with Gasteiger partial charge in [0.25, 0.3) is 0 Å². The van der Waals surface area contributed by atoms with Crippen molar-refractivity contribution in [2.24, 2.45) is 0 Å². The summed E-state index contributed by atoms with van der Waals surface area (Å²) < 4.78 is 53.6. The van der Waals surface area contributed by atoms with Crippen molar-refractivity contribution in [2.75, 3.05) is 23.7 Å². The van der Waals surface area contributed by atoms with E-state index in [9.17, 15) is 18.0 Å². The number of ether oxygens (including phenoxy) is 2. The monoisotopic (exact) mass is 465 g/mol. The van der Waals surface area contributed by atoms with Crippen LogP contribution in [0.1, 0.15) is 45.6 Å². The van der Waals surface area contributed by atoms with Gasteiger partial charge < -0.3 is 25.4 Å². The van der Waals surface area contributed by atoms with Crippen LogP contribution >= 0.6 is 0 Å². The van der Waals surface area contributed by atoms with Crippen molar-refractivity contribution in [3.05, 3.63) is 48.0 Å². The third-order valence-electron chi connectivity index (χ3n) is 5.24. The number of benzene rings is 2. The van der Waals surface area contributed by atoms with Gasteiger partial charge in [-0.25, -0.2) is 4.79 Å². The molecular formula is C24H30F3N3O3. The fourth-order valence-electron chi connectivity index (χ4n) is 3.96. The van der Waals surface area contributed by atoms with E-state index in [-0.39, 0.29) is 29.7 Å². The third-order valence-corrected chi connectivity index (χ3v) is 5.24. The zero-order chi connectivity index (χ0) is 24.2. The summed E-state index contributed by atoms with van der Waals surface area (Å²) in [6, 6.07) is 10.8. The minimum absolute atomic E-state index is 0.0368. The van der Waals surface area contributed by atoms with E-state index in [0.717, 1.165) is 6.42 Å². The number of hydrogen-bond donors (Lipinski definition) is 2. The van der Waals surface area contributed by atoms with Crippen LogP contribution in [-0.4, -0.2) is 30.8 Å². The number of alkyl carbamates (subject to hydrolysis) is 1. The Kier molecular flexibility index (Phi) is 7.29. The van der Waals surface area contributed by atoms with Gasteiger partial charge in [0.05, 0.1) is 11.4 Å². The molecule has 2 aromatic carbocycles. The smallest absolute Gasteiger partial charge is 0.422 e. The minimum atomic E-state index is -4.67. The van der Waals surface area contributed by atoms with Gasteiger partial charge in [0.1, 0.15) is 22.7 Å². The predicted octanol–water partition coefficient (Wildman–Crippen LogP) is 5.96. The van der Waals surface area contributed by atoms with Crippen LogP contribution in [0.15, 0.2) is 42.5 Å². The number of alkyl halides is 3. The molecule has 0 aromatic heterocycles. The summed E-state index contributed by atoms with van der Waals surface area (Å²) in [6.45, 7) is 5.99. The van der Waals surface area contributed by atoms with Crippen LogP contribution in [0, 0.1) is 0 Å². The second-order valence-electron chi connectivity index (χ2n) is 9.00. The molecular weight excluding hydrogens is 435 g/mol. The van der Waals surface area contributed by atoms with Gasteiger partial charge in [0.2, 0.25) is 0 Å². The molecule has 6 nitrogen and oxygen atoms in total. The molecule has 1 heterocycles. The van der Waals surface area contributed by atoms with Crippen molar-refractivity contribution in [3.63, 3.8) is 0 Å². The first-order valence-corrected chi connectivity index (χ1v) is 10.9. The number of para-hydroxylation sites is 1. The second kappa shape index (κ2) is 9.80. The average Bonchev–Trinajstić information content (AvgIpc) is 3.15. The fourth-order valence-corrected chi connectivity index (χ4v) is 3.96. The number of nitrogens with zero attached hydrogens (tertiary/aromatic N) is 1. The first kappa shape index (κ1) is 24.5. The molecule has 2 aromatic rings. The first-order chi connectivity index (χ1) is 15.5. The number of hydrogen-bond acceptors (Lipinski definition) is 5. The lowest BCUT2D eigenvalue weighted by Gasteiger charge is -2.31. The summed E-state index contributed by atoms with van der Waals surface area (Å²) in [5, 5.41) is 2.68. The van der Waals surface area contributed by atoms with Gasteiger partial charge >= 0.3 is 12.3 Å². The van der Waals surface area contributed by atoms with Crippen LogP contribution < -0.4 is 20.7 Å². The average molecular weight is 466 g/mol. The third kappa shape index (κ3) is 6.46. The lowest BCUT2D eigenvalue weighted by Crippen LogP contribution is -2.37. The maximum absolute atomic E-state index is 14.3. The van der Waals surface area contributed by atoms with Gasteiger partial charge in [-0.3, -0.25) is 0 Å². The quantitative estimate of drug-likeness (QED) is 0.515. The van der Waals surface area contributed by atoms with Crippen molar-refractivity contribution >= 4 is 17.5 Å². The van der Waals surface area contributed by atoms with E-state index < -0.39 is 23.4 Å². The van der Waals surface area contributed by atoms with Crippen LogP contribution in [0.2, 0.25) is 0 Å². The van der Waals surface area contributed by atoms with Gasteiger partial charge in [0.15, 0.2) is 0 Å². The number of carbonyl (C=O) groups excluding carboxylic acids is 1. The molecule has 33 heavy (non-hydrogen) atoms. The van der Waals surface area contributed by atoms with Crippen LogP contribution in [0.25, 0.3) is 0 Å². The van der Waals surface area contributed by atoms with Gasteiger partial charge in [-0.05, 0) is 64.3 Å². The van der Waals surface area contributed by atoms with Gasteiger partial charge in [-0.1, -0.05) is 18.2 Å². The molecule has 0 unspecified atom stereocenters. The van der Waals surface area contributed by atoms with Gasteiger partial charge in [-0.2, -0.15) is 13.2 Å². The van der Waals surface area contributed by atoms with E-state index in [0.29, 0.717) is 25.1 Å².